The molecule has 7 nitrogen and oxygen atoms in total. The molecule has 0 saturated carbocycles. The van der Waals surface area contributed by atoms with Crippen LogP contribution in [-0.4, -0.2) is 40.8 Å². The summed E-state index contributed by atoms with van der Waals surface area (Å²) in [6.45, 7) is 5.53. The Labute approximate surface area is 179 Å². The van der Waals surface area contributed by atoms with E-state index >= 15 is 0 Å². The molecule has 2 aromatic rings. The highest BCUT2D eigenvalue weighted by Gasteiger charge is 2.31. The normalized spacial score (nSPS) is 13.3. The lowest BCUT2D eigenvalue weighted by Crippen LogP contribution is -2.48. The topological polar surface area (TPSA) is 84.9 Å². The molecule has 0 aliphatic rings. The molecule has 0 aromatic heterocycles. The summed E-state index contributed by atoms with van der Waals surface area (Å²) in [4.78, 5) is 13.0. The molecule has 0 unspecified atom stereocenters. The van der Waals surface area contributed by atoms with E-state index in [1.165, 1.54) is 14.2 Å². The first-order chi connectivity index (χ1) is 14.1. The van der Waals surface area contributed by atoms with E-state index in [1.54, 1.807) is 25.1 Å². The first kappa shape index (κ1) is 23.5. The molecule has 0 fully saturated rings. The van der Waals surface area contributed by atoms with Crippen LogP contribution in [0.25, 0.3) is 0 Å². The van der Waals surface area contributed by atoms with Crippen LogP contribution in [0.2, 0.25) is 0 Å². The predicted molar refractivity (Wildman–Crippen MR) is 119 cm³/mol. The third-order valence-electron chi connectivity index (χ3n) is 4.91. The molecule has 2 aromatic carbocycles. The van der Waals surface area contributed by atoms with E-state index in [9.17, 15) is 13.2 Å². The van der Waals surface area contributed by atoms with E-state index in [-0.39, 0.29) is 11.9 Å². The molecule has 1 amide bonds. The number of rotatable bonds is 9. The van der Waals surface area contributed by atoms with Gasteiger partial charge in [-0.05, 0) is 38.0 Å². The molecule has 8 heteroatoms. The van der Waals surface area contributed by atoms with Crippen LogP contribution in [0.1, 0.15) is 37.4 Å². The van der Waals surface area contributed by atoms with Crippen molar-refractivity contribution in [3.8, 4) is 11.5 Å². The van der Waals surface area contributed by atoms with Crippen molar-refractivity contribution in [1.29, 1.82) is 0 Å². The van der Waals surface area contributed by atoms with Gasteiger partial charge in [-0.25, -0.2) is 8.42 Å². The van der Waals surface area contributed by atoms with Crippen LogP contribution >= 0.6 is 0 Å². The highest BCUT2D eigenvalue weighted by Crippen LogP contribution is 2.33. The molecular weight excluding hydrogens is 404 g/mol. The van der Waals surface area contributed by atoms with Gasteiger partial charge in [-0.1, -0.05) is 36.8 Å². The molecule has 0 bridgehead atoms. The first-order valence-corrected chi connectivity index (χ1v) is 11.6. The maximum Gasteiger partial charge on any atom is 0.244 e. The van der Waals surface area contributed by atoms with Crippen LogP contribution in [-0.2, 0) is 14.8 Å². The summed E-state index contributed by atoms with van der Waals surface area (Å²) in [5, 5.41) is 2.97. The number of sulfonamides is 1. The van der Waals surface area contributed by atoms with E-state index in [0.29, 0.717) is 23.6 Å². The Balaban J connectivity index is 2.33. The van der Waals surface area contributed by atoms with Crippen LogP contribution in [0.5, 0.6) is 11.5 Å². The summed E-state index contributed by atoms with van der Waals surface area (Å²) in [6, 6.07) is 11.5. The number of methoxy groups -OCH3 is 2. The summed E-state index contributed by atoms with van der Waals surface area (Å²) >= 11 is 0. The van der Waals surface area contributed by atoms with Gasteiger partial charge in [-0.2, -0.15) is 0 Å². The van der Waals surface area contributed by atoms with E-state index in [2.05, 4.69) is 5.32 Å². The lowest BCUT2D eigenvalue weighted by molar-refractivity contribution is -0.122. The fraction of sp³-hybridized carbons (Fsp3) is 0.409. The van der Waals surface area contributed by atoms with Crippen molar-refractivity contribution in [2.45, 2.75) is 39.3 Å². The van der Waals surface area contributed by atoms with Gasteiger partial charge in [-0.15, -0.1) is 0 Å². The van der Waals surface area contributed by atoms with Gasteiger partial charge in [-0.3, -0.25) is 9.10 Å². The van der Waals surface area contributed by atoms with E-state index in [4.69, 9.17) is 9.47 Å². The lowest BCUT2D eigenvalue weighted by Gasteiger charge is -2.30. The molecule has 0 heterocycles. The van der Waals surface area contributed by atoms with Crippen LogP contribution in [0.15, 0.2) is 42.5 Å². The number of hydrogen-bond acceptors (Lipinski definition) is 5. The second-order valence-electron chi connectivity index (χ2n) is 7.15. The smallest absolute Gasteiger partial charge is 0.244 e. The highest BCUT2D eigenvalue weighted by molar-refractivity contribution is 7.92. The molecule has 164 valence electrons. The molecule has 2 rings (SSSR count). The Kier molecular flexibility index (Phi) is 7.72. The van der Waals surface area contributed by atoms with Gasteiger partial charge in [0.25, 0.3) is 0 Å². The largest absolute Gasteiger partial charge is 0.493 e. The van der Waals surface area contributed by atoms with Crippen LogP contribution in [0, 0.1) is 6.92 Å². The number of amides is 1. The number of nitrogens with one attached hydrogen (secondary N) is 1. The number of ether oxygens (including phenoxy) is 2. The maximum absolute atomic E-state index is 13.0. The fourth-order valence-corrected chi connectivity index (χ4v) is 4.45. The summed E-state index contributed by atoms with van der Waals surface area (Å²) < 4.78 is 36.7. The van der Waals surface area contributed by atoms with Crippen molar-refractivity contribution in [2.24, 2.45) is 0 Å². The van der Waals surface area contributed by atoms with Crippen LogP contribution < -0.4 is 19.1 Å². The minimum Gasteiger partial charge on any atom is -0.493 e. The van der Waals surface area contributed by atoms with Gasteiger partial charge in [0.2, 0.25) is 15.9 Å². The molecule has 0 aliphatic heterocycles. The molecule has 0 aliphatic carbocycles. The summed E-state index contributed by atoms with van der Waals surface area (Å²) in [5.41, 5.74) is 2.42. The molecular formula is C22H30N2O5S. The van der Waals surface area contributed by atoms with E-state index in [0.717, 1.165) is 21.7 Å². The third-order valence-corrected chi connectivity index (χ3v) is 6.16. The van der Waals surface area contributed by atoms with E-state index in [1.807, 2.05) is 38.1 Å². The molecule has 0 saturated heterocycles. The second-order valence-corrected chi connectivity index (χ2v) is 9.01. The first-order valence-electron chi connectivity index (χ1n) is 9.70. The number of carbonyl (C=O) groups excluding carboxylic acids is 1. The van der Waals surface area contributed by atoms with Crippen molar-refractivity contribution >= 4 is 21.6 Å². The van der Waals surface area contributed by atoms with Gasteiger partial charge in [0, 0.05) is 6.07 Å². The van der Waals surface area contributed by atoms with Crippen LogP contribution in [0.4, 0.5) is 5.69 Å². The van der Waals surface area contributed by atoms with Crippen LogP contribution in [0.3, 0.4) is 0 Å². The average molecular weight is 435 g/mol. The van der Waals surface area contributed by atoms with Gasteiger partial charge in [0.1, 0.15) is 6.04 Å². The SMILES string of the molecule is CC[C@H](NC(=O)[C@@H](C)N(c1ccc(OC)c(OC)c1)S(C)(=O)=O)c1ccc(C)cc1. The monoisotopic (exact) mass is 434 g/mol. The number of carbonyl (C=O) groups is 1. The molecule has 0 radical (unpaired) electrons. The minimum absolute atomic E-state index is 0.215. The number of benzene rings is 2. The molecule has 1 N–H and O–H groups in total. The van der Waals surface area contributed by atoms with Crippen molar-refractivity contribution in [3.05, 3.63) is 53.6 Å². The number of nitrogens with zero attached hydrogens (tertiary/aromatic N) is 1. The fourth-order valence-electron chi connectivity index (χ4n) is 3.28. The molecule has 0 spiro atoms. The summed E-state index contributed by atoms with van der Waals surface area (Å²) in [5.74, 6) is 0.460. The maximum atomic E-state index is 13.0. The summed E-state index contributed by atoms with van der Waals surface area (Å²) in [6.07, 6.45) is 1.75. The van der Waals surface area contributed by atoms with Gasteiger partial charge < -0.3 is 14.8 Å². The number of aryl methyl sites for hydroxylation is 1. The average Bonchev–Trinajstić information content (AvgIpc) is 2.71. The predicted octanol–water partition coefficient (Wildman–Crippen LogP) is 3.43. The Morgan fingerprint density at radius 1 is 1.07 bits per heavy atom. The zero-order valence-electron chi connectivity index (χ0n) is 18.3. The molecule has 2 atom stereocenters. The third kappa shape index (κ3) is 5.44. The minimum atomic E-state index is -3.74. The van der Waals surface area contributed by atoms with Crippen molar-refractivity contribution in [2.75, 3.05) is 24.8 Å². The second kappa shape index (κ2) is 9.84. The molecule has 30 heavy (non-hydrogen) atoms. The van der Waals surface area contributed by atoms with Crippen molar-refractivity contribution in [1.82, 2.24) is 5.32 Å². The van der Waals surface area contributed by atoms with Crippen molar-refractivity contribution in [3.63, 3.8) is 0 Å². The van der Waals surface area contributed by atoms with Gasteiger partial charge in [0.15, 0.2) is 11.5 Å². The Morgan fingerprint density at radius 2 is 1.67 bits per heavy atom. The van der Waals surface area contributed by atoms with Gasteiger partial charge >= 0.3 is 0 Å². The van der Waals surface area contributed by atoms with Gasteiger partial charge in [0.05, 0.1) is 32.2 Å². The Bertz CT molecular complexity index is 974. The number of anilines is 1. The Hall–Kier alpha value is -2.74. The zero-order valence-corrected chi connectivity index (χ0v) is 19.1. The quantitative estimate of drug-likeness (QED) is 0.654. The zero-order chi connectivity index (χ0) is 22.5. The van der Waals surface area contributed by atoms with E-state index < -0.39 is 16.1 Å². The standard InChI is InChI=1S/C22H30N2O5S/c1-7-19(17-10-8-15(2)9-11-17)23-22(25)16(3)24(30(6,26)27)18-12-13-20(28-4)21(14-18)29-5/h8-14,16,19H,7H2,1-6H3,(H,23,25)/t16-,19+/m1/s1. The van der Waals surface area contributed by atoms with Crippen molar-refractivity contribution < 1.29 is 22.7 Å². The summed E-state index contributed by atoms with van der Waals surface area (Å²) in [7, 11) is -0.777. The number of hydrogen-bond donors (Lipinski definition) is 1. The lowest BCUT2D eigenvalue weighted by atomic mass is 10.0. The Morgan fingerprint density at radius 3 is 2.17 bits per heavy atom. The highest BCUT2D eigenvalue weighted by atomic mass is 32.2.